The molecule has 0 saturated heterocycles. The van der Waals surface area contributed by atoms with Crippen LogP contribution in [0.1, 0.15) is 43.0 Å². The first-order chi connectivity index (χ1) is 16.0. The Labute approximate surface area is 200 Å². The van der Waals surface area contributed by atoms with Gasteiger partial charge in [0.05, 0.1) is 11.3 Å². The second-order valence-corrected chi connectivity index (χ2v) is 11.4. The Morgan fingerprint density at radius 3 is 2.29 bits per heavy atom. The summed E-state index contributed by atoms with van der Waals surface area (Å²) in [4.78, 5) is 14.9. The molecule has 0 aromatic heterocycles. The van der Waals surface area contributed by atoms with Gasteiger partial charge < -0.3 is 4.90 Å². The molecule has 0 saturated carbocycles. The topological polar surface area (TPSA) is 66.5 Å². The van der Waals surface area contributed by atoms with Gasteiger partial charge in [0, 0.05) is 18.8 Å². The molecule has 1 heterocycles. The molecule has 0 aliphatic carbocycles. The van der Waals surface area contributed by atoms with Gasteiger partial charge in [0.1, 0.15) is 5.82 Å². The third-order valence-corrected chi connectivity index (χ3v) is 7.50. The Kier molecular flexibility index (Phi) is 6.49. The molecule has 0 radical (unpaired) electrons. The van der Waals surface area contributed by atoms with Gasteiger partial charge in [0.15, 0.2) is 0 Å². The lowest BCUT2D eigenvalue weighted by atomic mass is 9.86. The van der Waals surface area contributed by atoms with Gasteiger partial charge in [0.2, 0.25) is 5.91 Å². The van der Waals surface area contributed by atoms with Crippen molar-refractivity contribution in [2.75, 3.05) is 11.3 Å². The average molecular weight is 481 g/mol. The molecule has 1 amide bonds. The molecule has 34 heavy (non-hydrogen) atoms. The van der Waals surface area contributed by atoms with E-state index in [9.17, 15) is 17.6 Å². The summed E-state index contributed by atoms with van der Waals surface area (Å²) in [7, 11) is -3.80. The van der Waals surface area contributed by atoms with Crippen LogP contribution < -0.4 is 4.72 Å². The zero-order valence-electron chi connectivity index (χ0n) is 19.6. The molecule has 3 aromatic rings. The monoisotopic (exact) mass is 480 g/mol. The van der Waals surface area contributed by atoms with E-state index in [0.29, 0.717) is 31.6 Å². The standard InChI is InChI=1S/C27H29FN2O3S/c1-27(2,3)22-7-4-19(5-8-22)16-26(31)30-15-14-20-17-25(13-6-21(20)18-30)34(32,33)29-24-11-9-23(28)10-12-24/h4-13,17,29H,14-16,18H2,1-3H3. The summed E-state index contributed by atoms with van der Waals surface area (Å²) >= 11 is 0. The molecule has 178 valence electrons. The van der Waals surface area contributed by atoms with Gasteiger partial charge in [-0.15, -0.1) is 0 Å². The molecule has 0 bridgehead atoms. The van der Waals surface area contributed by atoms with Crippen LogP contribution in [0.4, 0.5) is 10.1 Å². The quantitative estimate of drug-likeness (QED) is 0.556. The predicted molar refractivity (Wildman–Crippen MR) is 132 cm³/mol. The van der Waals surface area contributed by atoms with Crippen LogP contribution in [-0.2, 0) is 39.6 Å². The molecule has 1 aliphatic rings. The lowest BCUT2D eigenvalue weighted by Crippen LogP contribution is -2.37. The number of hydrogen-bond donors (Lipinski definition) is 1. The number of anilines is 1. The Morgan fingerprint density at radius 1 is 0.971 bits per heavy atom. The third-order valence-electron chi connectivity index (χ3n) is 6.12. The number of benzene rings is 3. The number of sulfonamides is 1. The van der Waals surface area contributed by atoms with Crippen LogP contribution in [0.5, 0.6) is 0 Å². The van der Waals surface area contributed by atoms with Crippen LogP contribution in [0.3, 0.4) is 0 Å². The summed E-state index contributed by atoms with van der Waals surface area (Å²) in [5.41, 5.74) is 4.45. The van der Waals surface area contributed by atoms with Crippen molar-refractivity contribution in [3.63, 3.8) is 0 Å². The number of carbonyl (C=O) groups excluding carboxylic acids is 1. The van der Waals surface area contributed by atoms with Crippen LogP contribution in [0.15, 0.2) is 71.6 Å². The number of nitrogens with zero attached hydrogens (tertiary/aromatic N) is 1. The van der Waals surface area contributed by atoms with Crippen molar-refractivity contribution in [2.45, 2.75) is 50.5 Å². The second-order valence-electron chi connectivity index (χ2n) is 9.73. The first-order valence-electron chi connectivity index (χ1n) is 11.3. The number of carbonyl (C=O) groups is 1. The van der Waals surface area contributed by atoms with Gasteiger partial charge in [-0.3, -0.25) is 9.52 Å². The summed E-state index contributed by atoms with van der Waals surface area (Å²) in [6, 6.07) is 18.3. The van der Waals surface area contributed by atoms with Gasteiger partial charge in [-0.25, -0.2) is 12.8 Å². The first kappa shape index (κ1) is 24.0. The molecule has 5 nitrogen and oxygen atoms in total. The molecular weight excluding hydrogens is 451 g/mol. The van der Waals surface area contributed by atoms with E-state index in [1.54, 1.807) is 18.2 Å². The largest absolute Gasteiger partial charge is 0.338 e. The van der Waals surface area contributed by atoms with E-state index in [4.69, 9.17) is 0 Å². The van der Waals surface area contributed by atoms with E-state index in [1.807, 2.05) is 17.0 Å². The molecule has 0 atom stereocenters. The Balaban J connectivity index is 1.43. The van der Waals surface area contributed by atoms with Crippen LogP contribution in [0.2, 0.25) is 0 Å². The van der Waals surface area contributed by atoms with Gasteiger partial charge in [0.25, 0.3) is 10.0 Å². The number of nitrogens with one attached hydrogen (secondary N) is 1. The molecule has 0 unspecified atom stereocenters. The molecule has 1 aliphatic heterocycles. The minimum absolute atomic E-state index is 0.0591. The Hall–Kier alpha value is -3.19. The van der Waals surface area contributed by atoms with Crippen LogP contribution >= 0.6 is 0 Å². The number of amides is 1. The van der Waals surface area contributed by atoms with Crippen molar-refractivity contribution in [1.29, 1.82) is 0 Å². The normalized spacial score (nSPS) is 13.9. The average Bonchev–Trinajstić information content (AvgIpc) is 2.79. The zero-order valence-corrected chi connectivity index (χ0v) is 20.5. The second kappa shape index (κ2) is 9.22. The number of fused-ring (bicyclic) bond motifs is 1. The van der Waals surface area contributed by atoms with Gasteiger partial charge >= 0.3 is 0 Å². The molecule has 1 N–H and O–H groups in total. The molecule has 4 rings (SSSR count). The van der Waals surface area contributed by atoms with E-state index < -0.39 is 15.8 Å². The molecule has 0 fully saturated rings. The fraction of sp³-hybridized carbons (Fsp3) is 0.296. The fourth-order valence-corrected chi connectivity index (χ4v) is 5.16. The Bertz CT molecular complexity index is 1300. The van der Waals surface area contributed by atoms with E-state index in [1.165, 1.54) is 29.8 Å². The van der Waals surface area contributed by atoms with E-state index in [0.717, 1.165) is 16.7 Å². The highest BCUT2D eigenvalue weighted by atomic mass is 32.2. The predicted octanol–water partition coefficient (Wildman–Crippen LogP) is 5.05. The maximum absolute atomic E-state index is 13.1. The third kappa shape index (κ3) is 5.47. The highest BCUT2D eigenvalue weighted by Gasteiger charge is 2.23. The number of rotatable bonds is 5. The van der Waals surface area contributed by atoms with Crippen molar-refractivity contribution >= 4 is 21.6 Å². The lowest BCUT2D eigenvalue weighted by molar-refractivity contribution is -0.131. The van der Waals surface area contributed by atoms with Gasteiger partial charge in [-0.05, 0) is 70.5 Å². The van der Waals surface area contributed by atoms with Crippen LogP contribution in [0, 0.1) is 5.82 Å². The van der Waals surface area contributed by atoms with E-state index in [2.05, 4.69) is 37.6 Å². The zero-order chi connectivity index (χ0) is 24.5. The maximum Gasteiger partial charge on any atom is 0.261 e. The fourth-order valence-electron chi connectivity index (χ4n) is 4.05. The van der Waals surface area contributed by atoms with Crippen LogP contribution in [0.25, 0.3) is 0 Å². The van der Waals surface area contributed by atoms with E-state index in [-0.39, 0.29) is 16.2 Å². The molecule has 0 spiro atoms. The highest BCUT2D eigenvalue weighted by molar-refractivity contribution is 7.92. The summed E-state index contributed by atoms with van der Waals surface area (Å²) in [5, 5.41) is 0. The summed E-state index contributed by atoms with van der Waals surface area (Å²) < 4.78 is 41.1. The summed E-state index contributed by atoms with van der Waals surface area (Å²) in [6.45, 7) is 7.48. The van der Waals surface area contributed by atoms with Crippen LogP contribution in [-0.4, -0.2) is 25.8 Å². The van der Waals surface area contributed by atoms with Gasteiger partial charge in [-0.2, -0.15) is 0 Å². The SMILES string of the molecule is CC(C)(C)c1ccc(CC(=O)N2CCc3cc(S(=O)(=O)Nc4ccc(F)cc4)ccc3C2)cc1. The number of hydrogen-bond acceptors (Lipinski definition) is 3. The van der Waals surface area contributed by atoms with Crippen molar-refractivity contribution in [3.05, 3.63) is 94.8 Å². The number of halogens is 1. The highest BCUT2D eigenvalue weighted by Crippen LogP contribution is 2.26. The maximum atomic E-state index is 13.1. The minimum Gasteiger partial charge on any atom is -0.338 e. The summed E-state index contributed by atoms with van der Waals surface area (Å²) in [6.07, 6.45) is 0.928. The van der Waals surface area contributed by atoms with Gasteiger partial charge in [-0.1, -0.05) is 51.1 Å². The molecular formula is C27H29FN2O3S. The minimum atomic E-state index is -3.80. The molecule has 3 aromatic carbocycles. The van der Waals surface area contributed by atoms with E-state index >= 15 is 0 Å². The molecule has 7 heteroatoms. The summed E-state index contributed by atoms with van der Waals surface area (Å²) in [5.74, 6) is -0.374. The lowest BCUT2D eigenvalue weighted by Gasteiger charge is -2.29. The smallest absolute Gasteiger partial charge is 0.261 e. The first-order valence-corrected chi connectivity index (χ1v) is 12.8. The van der Waals surface area contributed by atoms with Crippen molar-refractivity contribution in [2.24, 2.45) is 0 Å². The van der Waals surface area contributed by atoms with Crippen molar-refractivity contribution in [3.8, 4) is 0 Å². The van der Waals surface area contributed by atoms with Crippen molar-refractivity contribution in [1.82, 2.24) is 4.90 Å². The van der Waals surface area contributed by atoms with Crippen molar-refractivity contribution < 1.29 is 17.6 Å². The Morgan fingerprint density at radius 2 is 1.65 bits per heavy atom.